The molecule has 8 heteroatoms. The maximum atomic E-state index is 12.2. The molecule has 0 aliphatic carbocycles. The van der Waals surface area contributed by atoms with Gasteiger partial charge in [0.25, 0.3) is 5.91 Å². The lowest BCUT2D eigenvalue weighted by Gasteiger charge is -2.32. The lowest BCUT2D eigenvalue weighted by Crippen LogP contribution is -2.53. The van der Waals surface area contributed by atoms with E-state index in [0.29, 0.717) is 19.0 Å². The Bertz CT molecular complexity index is 458. The maximum absolute atomic E-state index is 12.2. The highest BCUT2D eigenvalue weighted by Crippen LogP contribution is 2.11. The molecule has 1 N–H and O–H groups in total. The zero-order chi connectivity index (χ0) is 13.1. The van der Waals surface area contributed by atoms with Crippen molar-refractivity contribution in [3.05, 3.63) is 11.6 Å². The largest absolute Gasteiger partial charge is 0.467 e. The van der Waals surface area contributed by atoms with Crippen molar-refractivity contribution in [3.8, 4) is 0 Å². The van der Waals surface area contributed by atoms with Crippen molar-refractivity contribution in [2.75, 3.05) is 26.9 Å². The van der Waals surface area contributed by atoms with Crippen LogP contribution in [-0.4, -0.2) is 64.9 Å². The number of nitrogens with zero attached hydrogens (tertiary/aromatic N) is 3. The smallest absolute Gasteiger partial charge is 0.331 e. The number of rotatable bonds is 2. The Kier molecular flexibility index (Phi) is 3.56. The predicted octanol–water partition coefficient (Wildman–Crippen LogP) is -0.873. The van der Waals surface area contributed by atoms with Gasteiger partial charge in [0, 0.05) is 6.54 Å². The quantitative estimate of drug-likeness (QED) is 0.689. The summed E-state index contributed by atoms with van der Waals surface area (Å²) in [5, 5.41) is 6.38. The number of esters is 1. The molecule has 2 rings (SSSR count). The molecule has 8 nitrogen and oxygen atoms in total. The van der Waals surface area contributed by atoms with Gasteiger partial charge in [-0.3, -0.25) is 9.89 Å². The number of nitrogens with one attached hydrogen (secondary N) is 1. The third kappa shape index (κ3) is 2.33. The second-order valence-electron chi connectivity index (χ2n) is 3.86. The molecule has 1 aromatic heterocycles. The Morgan fingerprint density at radius 1 is 1.56 bits per heavy atom. The fourth-order valence-electron chi connectivity index (χ4n) is 1.74. The van der Waals surface area contributed by atoms with Crippen LogP contribution in [0.15, 0.2) is 0 Å². The van der Waals surface area contributed by atoms with Gasteiger partial charge in [-0.25, -0.2) is 9.78 Å². The molecule has 1 amide bonds. The topological polar surface area (TPSA) is 97.4 Å². The summed E-state index contributed by atoms with van der Waals surface area (Å²) in [6, 6.07) is -0.741. The molecule has 98 valence electrons. The molecule has 1 fully saturated rings. The molecular formula is C10H14N4O4. The Morgan fingerprint density at radius 3 is 2.94 bits per heavy atom. The van der Waals surface area contributed by atoms with Crippen LogP contribution in [0.4, 0.5) is 0 Å². The molecule has 2 heterocycles. The number of hydrogen-bond acceptors (Lipinski definition) is 6. The predicted molar refractivity (Wildman–Crippen MR) is 58.8 cm³/mol. The first-order valence-corrected chi connectivity index (χ1v) is 5.49. The van der Waals surface area contributed by atoms with Gasteiger partial charge in [0.15, 0.2) is 6.04 Å². The fraction of sp³-hybridized carbons (Fsp3) is 0.600. The number of aromatic amines is 1. The third-order valence-corrected chi connectivity index (χ3v) is 2.65. The molecule has 0 spiro atoms. The van der Waals surface area contributed by atoms with Gasteiger partial charge in [-0.1, -0.05) is 0 Å². The lowest BCUT2D eigenvalue weighted by molar-refractivity contribution is -0.151. The Balaban J connectivity index is 2.18. The SMILES string of the molecule is COC(=O)C1COCCN1C(=O)c1n[nH]c(C)n1. The summed E-state index contributed by atoms with van der Waals surface area (Å²) >= 11 is 0. The van der Waals surface area contributed by atoms with Gasteiger partial charge in [-0.15, -0.1) is 5.10 Å². The summed E-state index contributed by atoms with van der Waals surface area (Å²) < 4.78 is 9.83. The van der Waals surface area contributed by atoms with E-state index in [1.807, 2.05) is 0 Å². The number of carbonyl (C=O) groups is 2. The second kappa shape index (κ2) is 5.13. The summed E-state index contributed by atoms with van der Waals surface area (Å²) in [6.07, 6.45) is 0. The van der Waals surface area contributed by atoms with E-state index in [4.69, 9.17) is 4.74 Å². The van der Waals surface area contributed by atoms with Gasteiger partial charge in [-0.05, 0) is 6.92 Å². The molecule has 1 aliphatic rings. The fourth-order valence-corrected chi connectivity index (χ4v) is 1.74. The minimum Gasteiger partial charge on any atom is -0.467 e. The van der Waals surface area contributed by atoms with Crippen molar-refractivity contribution < 1.29 is 19.1 Å². The van der Waals surface area contributed by atoms with Crippen molar-refractivity contribution in [3.63, 3.8) is 0 Å². The zero-order valence-electron chi connectivity index (χ0n) is 10.2. The van der Waals surface area contributed by atoms with Crippen LogP contribution in [0.3, 0.4) is 0 Å². The van der Waals surface area contributed by atoms with Crippen LogP contribution < -0.4 is 0 Å². The van der Waals surface area contributed by atoms with Crippen LogP contribution in [-0.2, 0) is 14.3 Å². The molecule has 0 saturated carbocycles. The van der Waals surface area contributed by atoms with Crippen molar-refractivity contribution >= 4 is 11.9 Å². The highest BCUT2D eigenvalue weighted by atomic mass is 16.5. The van der Waals surface area contributed by atoms with Crippen LogP contribution in [0.2, 0.25) is 0 Å². The second-order valence-corrected chi connectivity index (χ2v) is 3.86. The van der Waals surface area contributed by atoms with Crippen molar-refractivity contribution in [2.24, 2.45) is 0 Å². The monoisotopic (exact) mass is 254 g/mol. The van der Waals surface area contributed by atoms with E-state index in [1.165, 1.54) is 12.0 Å². The summed E-state index contributed by atoms with van der Waals surface area (Å²) in [4.78, 5) is 29.1. The van der Waals surface area contributed by atoms with Crippen LogP contribution in [0, 0.1) is 6.92 Å². The first-order chi connectivity index (χ1) is 8.63. The van der Waals surface area contributed by atoms with Gasteiger partial charge >= 0.3 is 5.97 Å². The Labute approximate surface area is 103 Å². The zero-order valence-corrected chi connectivity index (χ0v) is 10.2. The van der Waals surface area contributed by atoms with Crippen LogP contribution in [0.25, 0.3) is 0 Å². The first-order valence-electron chi connectivity index (χ1n) is 5.49. The average molecular weight is 254 g/mol. The molecular weight excluding hydrogens is 240 g/mol. The third-order valence-electron chi connectivity index (χ3n) is 2.65. The number of ether oxygens (including phenoxy) is 2. The molecule has 1 aromatic rings. The maximum Gasteiger partial charge on any atom is 0.331 e. The standard InChI is InChI=1S/C10H14N4O4/c1-6-11-8(13-12-6)9(15)14-3-4-18-5-7(14)10(16)17-2/h7H,3-5H2,1-2H3,(H,11,12,13). The highest BCUT2D eigenvalue weighted by Gasteiger charge is 2.35. The molecule has 1 aliphatic heterocycles. The average Bonchev–Trinajstić information content (AvgIpc) is 2.83. The number of hydrogen-bond donors (Lipinski definition) is 1. The number of methoxy groups -OCH3 is 1. The van der Waals surface area contributed by atoms with E-state index in [9.17, 15) is 9.59 Å². The lowest BCUT2D eigenvalue weighted by atomic mass is 10.2. The van der Waals surface area contributed by atoms with Gasteiger partial charge < -0.3 is 14.4 Å². The van der Waals surface area contributed by atoms with E-state index >= 15 is 0 Å². The summed E-state index contributed by atoms with van der Waals surface area (Å²) in [6.45, 7) is 2.51. The van der Waals surface area contributed by atoms with Crippen molar-refractivity contribution in [1.82, 2.24) is 20.1 Å². The number of aryl methyl sites for hydroxylation is 1. The van der Waals surface area contributed by atoms with Gasteiger partial charge in [0.2, 0.25) is 5.82 Å². The molecule has 0 aromatic carbocycles. The number of morpholine rings is 1. The minimum atomic E-state index is -0.741. The minimum absolute atomic E-state index is 0.0447. The van der Waals surface area contributed by atoms with E-state index < -0.39 is 17.9 Å². The molecule has 18 heavy (non-hydrogen) atoms. The normalized spacial score (nSPS) is 19.7. The molecule has 1 saturated heterocycles. The summed E-state index contributed by atoms with van der Waals surface area (Å²) in [5.41, 5.74) is 0. The number of amides is 1. The van der Waals surface area contributed by atoms with E-state index in [0.717, 1.165) is 0 Å². The van der Waals surface area contributed by atoms with Crippen LogP contribution in [0.1, 0.15) is 16.4 Å². The Hall–Kier alpha value is -1.96. The molecule has 0 radical (unpaired) electrons. The number of carbonyl (C=O) groups excluding carboxylic acids is 2. The van der Waals surface area contributed by atoms with E-state index in [-0.39, 0.29) is 12.4 Å². The van der Waals surface area contributed by atoms with E-state index in [2.05, 4.69) is 19.9 Å². The van der Waals surface area contributed by atoms with Gasteiger partial charge in [0.1, 0.15) is 5.82 Å². The van der Waals surface area contributed by atoms with E-state index in [1.54, 1.807) is 6.92 Å². The number of H-pyrrole nitrogens is 1. The van der Waals surface area contributed by atoms with Crippen LogP contribution >= 0.6 is 0 Å². The van der Waals surface area contributed by atoms with Gasteiger partial charge in [-0.2, -0.15) is 0 Å². The van der Waals surface area contributed by atoms with Gasteiger partial charge in [0.05, 0.1) is 20.3 Å². The Morgan fingerprint density at radius 2 is 2.33 bits per heavy atom. The molecule has 1 unspecified atom stereocenters. The molecule has 0 bridgehead atoms. The van der Waals surface area contributed by atoms with Crippen molar-refractivity contribution in [1.29, 1.82) is 0 Å². The summed E-state index contributed by atoms with van der Waals surface area (Å²) in [5.74, 6) is -0.321. The highest BCUT2D eigenvalue weighted by molar-refractivity contribution is 5.93. The first kappa shape index (κ1) is 12.5. The number of aromatic nitrogens is 3. The summed E-state index contributed by atoms with van der Waals surface area (Å²) in [7, 11) is 1.27. The van der Waals surface area contributed by atoms with Crippen molar-refractivity contribution in [2.45, 2.75) is 13.0 Å². The van der Waals surface area contributed by atoms with Crippen LogP contribution in [0.5, 0.6) is 0 Å². The molecule has 1 atom stereocenters.